The molecule has 2 aliphatic rings. The smallest absolute Gasteiger partial charge is 0.180 e. The fraction of sp³-hybridized carbons (Fsp3) is 0.222. The van der Waals surface area contributed by atoms with Gasteiger partial charge in [0.2, 0.25) is 0 Å². The molecule has 0 bridgehead atoms. The van der Waals surface area contributed by atoms with Crippen LogP contribution in [0.15, 0.2) is 59.3 Å². The van der Waals surface area contributed by atoms with Gasteiger partial charge < -0.3 is 37.9 Å². The molecule has 0 aliphatic carbocycles. The van der Waals surface area contributed by atoms with Crippen LogP contribution >= 0.6 is 45.3 Å². The average Bonchev–Trinajstić information content (AvgIpc) is 3.94. The SMILES string of the molecule is COc1cccc(OC)c1-c1cc(-c2scc3c2OCCO3)sc1-c1sc(-c2scc3c2OCCO3)cc1-c1c(OC)cccc1OC. The van der Waals surface area contributed by atoms with Gasteiger partial charge in [0.05, 0.1) is 59.1 Å². The van der Waals surface area contributed by atoms with Crippen molar-refractivity contribution >= 4 is 45.3 Å². The Balaban J connectivity index is 1.43. The van der Waals surface area contributed by atoms with E-state index in [1.165, 1.54) is 0 Å². The summed E-state index contributed by atoms with van der Waals surface area (Å²) in [4.78, 5) is 6.19. The first-order chi connectivity index (χ1) is 23.6. The summed E-state index contributed by atoms with van der Waals surface area (Å²) >= 11 is 6.61. The largest absolute Gasteiger partial charge is 0.496 e. The molecular weight excluding hydrogens is 689 g/mol. The van der Waals surface area contributed by atoms with Gasteiger partial charge in [-0.1, -0.05) is 12.1 Å². The van der Waals surface area contributed by atoms with Crippen LogP contribution in [0.3, 0.4) is 0 Å². The number of benzene rings is 2. The molecule has 0 saturated heterocycles. The second-order valence-corrected chi connectivity index (χ2v) is 14.6. The molecule has 4 aromatic heterocycles. The van der Waals surface area contributed by atoms with E-state index < -0.39 is 0 Å². The fourth-order valence-corrected chi connectivity index (χ4v) is 10.6. The summed E-state index contributed by atoms with van der Waals surface area (Å²) in [6, 6.07) is 16.1. The highest BCUT2D eigenvalue weighted by Crippen LogP contribution is 2.59. The zero-order valence-corrected chi connectivity index (χ0v) is 29.8. The van der Waals surface area contributed by atoms with Crippen molar-refractivity contribution in [3.63, 3.8) is 0 Å². The van der Waals surface area contributed by atoms with Gasteiger partial charge in [0.1, 0.15) is 49.4 Å². The highest BCUT2D eigenvalue weighted by atomic mass is 32.1. The summed E-state index contributed by atoms with van der Waals surface area (Å²) in [5.74, 6) is 5.93. The van der Waals surface area contributed by atoms with Gasteiger partial charge in [0.15, 0.2) is 23.0 Å². The van der Waals surface area contributed by atoms with Crippen molar-refractivity contribution in [3.8, 4) is 97.5 Å². The number of fused-ring (bicyclic) bond motifs is 2. The van der Waals surface area contributed by atoms with E-state index in [1.54, 1.807) is 73.8 Å². The Morgan fingerprint density at radius 2 is 0.875 bits per heavy atom. The summed E-state index contributed by atoms with van der Waals surface area (Å²) in [6.45, 7) is 2.08. The number of methoxy groups -OCH3 is 4. The van der Waals surface area contributed by atoms with E-state index in [2.05, 4.69) is 12.1 Å². The Morgan fingerprint density at radius 1 is 0.500 bits per heavy atom. The van der Waals surface area contributed by atoms with E-state index in [9.17, 15) is 0 Å². The van der Waals surface area contributed by atoms with E-state index in [0.717, 1.165) is 74.5 Å². The molecule has 8 nitrogen and oxygen atoms in total. The van der Waals surface area contributed by atoms with E-state index in [-0.39, 0.29) is 0 Å². The van der Waals surface area contributed by atoms with Gasteiger partial charge in [-0.25, -0.2) is 0 Å². The minimum Gasteiger partial charge on any atom is -0.496 e. The highest BCUT2D eigenvalue weighted by molar-refractivity contribution is 7.29. The lowest BCUT2D eigenvalue weighted by Gasteiger charge is -2.15. The van der Waals surface area contributed by atoms with Crippen molar-refractivity contribution in [2.75, 3.05) is 54.9 Å². The van der Waals surface area contributed by atoms with Crippen LogP contribution in [-0.2, 0) is 0 Å². The zero-order valence-electron chi connectivity index (χ0n) is 26.5. The Hall–Kier alpha value is -4.36. The fourth-order valence-electron chi connectivity index (χ4n) is 6.01. The van der Waals surface area contributed by atoms with Crippen LogP contribution in [0, 0.1) is 0 Å². The highest BCUT2D eigenvalue weighted by Gasteiger charge is 2.31. The van der Waals surface area contributed by atoms with Crippen molar-refractivity contribution < 1.29 is 37.9 Å². The molecule has 2 aromatic carbocycles. The van der Waals surface area contributed by atoms with Crippen molar-refractivity contribution in [1.29, 1.82) is 0 Å². The minimum absolute atomic E-state index is 0.505. The monoisotopic (exact) mass is 718 g/mol. The van der Waals surface area contributed by atoms with Gasteiger partial charge in [-0.15, -0.1) is 45.3 Å². The predicted molar refractivity (Wildman–Crippen MR) is 193 cm³/mol. The first-order valence-corrected chi connectivity index (χ1v) is 18.5. The van der Waals surface area contributed by atoms with Crippen molar-refractivity contribution in [2.24, 2.45) is 0 Å². The number of hydrogen-bond donors (Lipinski definition) is 0. The molecule has 246 valence electrons. The first-order valence-electron chi connectivity index (χ1n) is 15.1. The maximum absolute atomic E-state index is 6.15. The van der Waals surface area contributed by atoms with Crippen molar-refractivity contribution in [3.05, 3.63) is 59.3 Å². The van der Waals surface area contributed by atoms with Crippen LogP contribution in [0.2, 0.25) is 0 Å². The summed E-state index contributed by atoms with van der Waals surface area (Å²) in [7, 11) is 6.73. The number of ether oxygens (including phenoxy) is 8. The molecule has 0 amide bonds. The summed E-state index contributed by atoms with van der Waals surface area (Å²) in [6.07, 6.45) is 0. The Morgan fingerprint density at radius 3 is 1.25 bits per heavy atom. The third-order valence-electron chi connectivity index (χ3n) is 8.11. The lowest BCUT2D eigenvalue weighted by Crippen LogP contribution is -2.14. The average molecular weight is 719 g/mol. The lowest BCUT2D eigenvalue weighted by molar-refractivity contribution is 0.174. The predicted octanol–water partition coefficient (Wildman–Crippen LogP) is 9.84. The van der Waals surface area contributed by atoms with Crippen LogP contribution in [0.1, 0.15) is 0 Å². The third-order valence-corrected chi connectivity index (χ3v) is 12.8. The second-order valence-electron chi connectivity index (χ2n) is 10.7. The first kappa shape index (κ1) is 30.9. The molecule has 2 aliphatic heterocycles. The van der Waals surface area contributed by atoms with Crippen LogP contribution in [0.4, 0.5) is 0 Å². The van der Waals surface area contributed by atoms with E-state index >= 15 is 0 Å². The quantitative estimate of drug-likeness (QED) is 0.146. The summed E-state index contributed by atoms with van der Waals surface area (Å²) in [5, 5.41) is 4.03. The van der Waals surface area contributed by atoms with Crippen molar-refractivity contribution in [1.82, 2.24) is 0 Å². The molecule has 6 heterocycles. The van der Waals surface area contributed by atoms with Crippen LogP contribution < -0.4 is 37.9 Å². The second kappa shape index (κ2) is 12.9. The Kier molecular flexibility index (Phi) is 8.33. The molecule has 48 heavy (non-hydrogen) atoms. The normalized spacial score (nSPS) is 13.3. The van der Waals surface area contributed by atoms with Crippen LogP contribution in [0.5, 0.6) is 46.0 Å². The molecule has 8 rings (SSSR count). The van der Waals surface area contributed by atoms with Gasteiger partial charge in [-0.2, -0.15) is 0 Å². The Labute approximate surface area is 293 Å². The summed E-state index contributed by atoms with van der Waals surface area (Å²) < 4.78 is 48.0. The van der Waals surface area contributed by atoms with Crippen LogP contribution in [-0.4, -0.2) is 54.9 Å². The van der Waals surface area contributed by atoms with Gasteiger partial charge in [-0.3, -0.25) is 0 Å². The molecule has 6 aromatic rings. The third kappa shape index (κ3) is 5.14. The van der Waals surface area contributed by atoms with Crippen molar-refractivity contribution in [2.45, 2.75) is 0 Å². The molecular formula is C36H30O8S4. The standard InChI is InChI=1S/C36H30O8S4/c1-37-21-7-5-8-22(38-2)29(21)19-15-27(35-31-25(17-45-35)41-11-13-43-31)47-33(19)34-20(30-23(39-3)9-6-10-24(30)40-4)16-28(48-34)36-32-26(18-46-36)42-12-14-44-32/h5-10,15-18H,11-14H2,1-4H3. The van der Waals surface area contributed by atoms with E-state index in [0.29, 0.717) is 49.4 Å². The molecule has 0 radical (unpaired) electrons. The molecule has 0 atom stereocenters. The van der Waals surface area contributed by atoms with E-state index in [1.807, 2.05) is 47.2 Å². The summed E-state index contributed by atoms with van der Waals surface area (Å²) in [5.41, 5.74) is 3.67. The molecule has 0 saturated carbocycles. The molecule has 0 N–H and O–H groups in total. The van der Waals surface area contributed by atoms with Gasteiger partial charge in [0.25, 0.3) is 0 Å². The number of rotatable bonds is 9. The van der Waals surface area contributed by atoms with Crippen LogP contribution in [0.25, 0.3) is 51.5 Å². The Bertz CT molecular complexity index is 1930. The molecule has 12 heteroatoms. The van der Waals surface area contributed by atoms with Gasteiger partial charge in [-0.05, 0) is 36.4 Å². The number of hydrogen-bond acceptors (Lipinski definition) is 12. The zero-order chi connectivity index (χ0) is 32.8. The molecule has 0 fully saturated rings. The lowest BCUT2D eigenvalue weighted by atomic mass is 9.98. The minimum atomic E-state index is 0.505. The van der Waals surface area contributed by atoms with Gasteiger partial charge >= 0.3 is 0 Å². The topological polar surface area (TPSA) is 73.8 Å². The van der Waals surface area contributed by atoms with Gasteiger partial charge in [0, 0.05) is 31.6 Å². The maximum Gasteiger partial charge on any atom is 0.180 e. The molecule has 0 unspecified atom stereocenters. The maximum atomic E-state index is 6.15. The van der Waals surface area contributed by atoms with E-state index in [4.69, 9.17) is 37.9 Å². The number of thiophene rings is 4. The molecule has 0 spiro atoms.